The predicted octanol–water partition coefficient (Wildman–Crippen LogP) is 6.64. The van der Waals surface area contributed by atoms with Crippen molar-refractivity contribution in [2.45, 2.75) is 40.2 Å². The molecule has 0 aliphatic heterocycles. The first-order valence-corrected chi connectivity index (χ1v) is 13.1. The van der Waals surface area contributed by atoms with E-state index in [0.717, 1.165) is 11.1 Å². The smallest absolute Gasteiger partial charge is 0.345 e. The minimum Gasteiger partial charge on any atom is -0.495 e. The first-order chi connectivity index (χ1) is 18.8. The lowest BCUT2D eigenvalue weighted by molar-refractivity contribution is 0.0682. The van der Waals surface area contributed by atoms with Gasteiger partial charge in [-0.3, -0.25) is 4.79 Å². The van der Waals surface area contributed by atoms with Crippen molar-refractivity contribution in [1.82, 2.24) is 5.32 Å². The highest BCUT2D eigenvalue weighted by atomic mass is 35.5. The standard InChI is InChI=1S/C30H31Cl2NO7/c1-16-8-11-19(24(31)26(16)37-6)28(35)39-22-13-10-18(21(34)15-33-30(3,4)5)14-23(22)40-29(36)20-12-9-17(2)27(38-7)25(20)32/h8-14,33H,15H2,1-7H3. The van der Waals surface area contributed by atoms with E-state index in [0.29, 0.717) is 11.5 Å². The molecule has 3 rings (SSSR count). The highest BCUT2D eigenvalue weighted by Crippen LogP contribution is 2.36. The summed E-state index contributed by atoms with van der Waals surface area (Å²) in [6.07, 6.45) is 0. The van der Waals surface area contributed by atoms with Crippen molar-refractivity contribution in [3.63, 3.8) is 0 Å². The van der Waals surface area contributed by atoms with Gasteiger partial charge in [0.15, 0.2) is 17.3 Å². The van der Waals surface area contributed by atoms with Crippen molar-refractivity contribution in [3.8, 4) is 23.0 Å². The minimum absolute atomic E-state index is 0.0267. The number of Topliss-reactive ketones (excluding diaryl/α,β-unsaturated/α-hetero) is 1. The van der Waals surface area contributed by atoms with E-state index in [4.69, 9.17) is 42.1 Å². The maximum absolute atomic E-state index is 13.2. The second-order valence-electron chi connectivity index (χ2n) is 10.0. The van der Waals surface area contributed by atoms with Crippen LogP contribution in [0.15, 0.2) is 42.5 Å². The zero-order chi connectivity index (χ0) is 29.8. The Balaban J connectivity index is 2.01. The molecule has 0 aromatic heterocycles. The maximum atomic E-state index is 13.2. The van der Waals surface area contributed by atoms with Crippen LogP contribution >= 0.6 is 23.2 Å². The van der Waals surface area contributed by atoms with E-state index in [1.165, 1.54) is 44.6 Å². The van der Waals surface area contributed by atoms with E-state index in [1.54, 1.807) is 26.0 Å². The Morgan fingerprint density at radius 3 is 1.68 bits per heavy atom. The molecule has 0 spiro atoms. The normalized spacial score (nSPS) is 11.1. The van der Waals surface area contributed by atoms with Crippen LogP contribution in [0.25, 0.3) is 0 Å². The van der Waals surface area contributed by atoms with E-state index in [2.05, 4.69) is 5.32 Å². The summed E-state index contributed by atoms with van der Waals surface area (Å²) in [5.41, 5.74) is 1.47. The number of rotatable bonds is 9. The van der Waals surface area contributed by atoms with Crippen LogP contribution in [-0.2, 0) is 0 Å². The molecule has 40 heavy (non-hydrogen) atoms. The minimum atomic E-state index is -0.840. The fraction of sp³-hybridized carbons (Fsp3) is 0.300. The number of hydrogen-bond donors (Lipinski definition) is 1. The van der Waals surface area contributed by atoms with Gasteiger partial charge in [0.1, 0.15) is 11.5 Å². The molecule has 8 nitrogen and oxygen atoms in total. The number of esters is 2. The maximum Gasteiger partial charge on any atom is 0.345 e. The van der Waals surface area contributed by atoms with Gasteiger partial charge in [0.05, 0.1) is 41.9 Å². The molecule has 0 atom stereocenters. The largest absolute Gasteiger partial charge is 0.495 e. The van der Waals surface area contributed by atoms with Gasteiger partial charge in [-0.25, -0.2) is 9.59 Å². The van der Waals surface area contributed by atoms with Crippen molar-refractivity contribution in [1.29, 1.82) is 0 Å². The van der Waals surface area contributed by atoms with Crippen molar-refractivity contribution in [2.24, 2.45) is 0 Å². The summed E-state index contributed by atoms with van der Waals surface area (Å²) in [6, 6.07) is 10.5. The molecular formula is C30H31Cl2NO7. The van der Waals surface area contributed by atoms with Crippen LogP contribution in [-0.4, -0.2) is 44.0 Å². The summed E-state index contributed by atoms with van der Waals surface area (Å²) in [5.74, 6) is -1.53. The summed E-state index contributed by atoms with van der Waals surface area (Å²) in [6.45, 7) is 9.40. The average molecular weight is 588 g/mol. The molecule has 0 fully saturated rings. The molecule has 3 aromatic carbocycles. The molecule has 0 saturated heterocycles. The lowest BCUT2D eigenvalue weighted by atomic mass is 10.1. The molecule has 0 unspecified atom stereocenters. The van der Waals surface area contributed by atoms with Gasteiger partial charge in [0.25, 0.3) is 0 Å². The Labute approximate surface area is 243 Å². The Bertz CT molecular complexity index is 1460. The molecule has 0 aliphatic carbocycles. The van der Waals surface area contributed by atoms with Gasteiger partial charge in [-0.2, -0.15) is 0 Å². The number of ether oxygens (including phenoxy) is 4. The number of benzene rings is 3. The van der Waals surface area contributed by atoms with Gasteiger partial charge in [0, 0.05) is 11.1 Å². The van der Waals surface area contributed by atoms with E-state index in [9.17, 15) is 14.4 Å². The first-order valence-electron chi connectivity index (χ1n) is 12.3. The molecule has 0 saturated carbocycles. The average Bonchev–Trinajstić information content (AvgIpc) is 2.88. The number of carbonyl (C=O) groups excluding carboxylic acids is 3. The Morgan fingerprint density at radius 2 is 1.23 bits per heavy atom. The SMILES string of the molecule is COc1c(C)ccc(C(=O)Oc2ccc(C(=O)CNC(C)(C)C)cc2OC(=O)c2ccc(C)c(OC)c2Cl)c1Cl. The van der Waals surface area contributed by atoms with E-state index in [-0.39, 0.29) is 56.1 Å². The first kappa shape index (κ1) is 30.9. The second-order valence-corrected chi connectivity index (χ2v) is 10.8. The number of methoxy groups -OCH3 is 2. The Morgan fingerprint density at radius 1 is 0.750 bits per heavy atom. The number of carbonyl (C=O) groups is 3. The highest BCUT2D eigenvalue weighted by molar-refractivity contribution is 6.35. The molecule has 0 heterocycles. The third-order valence-corrected chi connectivity index (χ3v) is 6.64. The number of ketones is 1. The van der Waals surface area contributed by atoms with Crippen molar-refractivity contribution < 1.29 is 33.3 Å². The van der Waals surface area contributed by atoms with Crippen LogP contribution in [0.5, 0.6) is 23.0 Å². The zero-order valence-electron chi connectivity index (χ0n) is 23.4. The molecule has 0 amide bonds. The van der Waals surface area contributed by atoms with Crippen molar-refractivity contribution in [3.05, 3.63) is 80.3 Å². The summed E-state index contributed by atoms with van der Waals surface area (Å²) in [7, 11) is 2.88. The van der Waals surface area contributed by atoms with Gasteiger partial charge < -0.3 is 24.3 Å². The van der Waals surface area contributed by atoms with Crippen LogP contribution in [0.3, 0.4) is 0 Å². The third kappa shape index (κ3) is 7.13. The van der Waals surface area contributed by atoms with E-state index in [1.807, 2.05) is 20.8 Å². The number of hydrogen-bond acceptors (Lipinski definition) is 8. The second kappa shape index (κ2) is 12.7. The fourth-order valence-corrected chi connectivity index (χ4v) is 4.46. The molecule has 10 heteroatoms. The Kier molecular flexibility index (Phi) is 9.84. The topological polar surface area (TPSA) is 100 Å². The lowest BCUT2D eigenvalue weighted by Gasteiger charge is -2.20. The molecule has 1 N–H and O–H groups in total. The van der Waals surface area contributed by atoms with Gasteiger partial charge in [-0.1, -0.05) is 35.3 Å². The third-order valence-electron chi connectivity index (χ3n) is 5.89. The van der Waals surface area contributed by atoms with Crippen LogP contribution < -0.4 is 24.3 Å². The number of nitrogens with one attached hydrogen (secondary N) is 1. The zero-order valence-corrected chi connectivity index (χ0v) is 24.9. The van der Waals surface area contributed by atoms with Gasteiger partial charge in [-0.05, 0) is 76.1 Å². The summed E-state index contributed by atoms with van der Waals surface area (Å²) in [5, 5.41) is 3.26. The van der Waals surface area contributed by atoms with E-state index < -0.39 is 11.9 Å². The van der Waals surface area contributed by atoms with Crippen molar-refractivity contribution in [2.75, 3.05) is 20.8 Å². The van der Waals surface area contributed by atoms with Crippen molar-refractivity contribution >= 4 is 40.9 Å². The molecule has 3 aromatic rings. The van der Waals surface area contributed by atoms with Gasteiger partial charge in [0.2, 0.25) is 0 Å². The van der Waals surface area contributed by atoms with Crippen LogP contribution in [0.2, 0.25) is 10.0 Å². The number of aryl methyl sites for hydroxylation is 2. The fourth-order valence-electron chi connectivity index (χ4n) is 3.72. The lowest BCUT2D eigenvalue weighted by Crippen LogP contribution is -2.39. The predicted molar refractivity (Wildman–Crippen MR) is 154 cm³/mol. The molecule has 212 valence electrons. The monoisotopic (exact) mass is 587 g/mol. The summed E-state index contributed by atoms with van der Waals surface area (Å²) in [4.78, 5) is 39.2. The summed E-state index contributed by atoms with van der Waals surface area (Å²) < 4.78 is 21.8. The van der Waals surface area contributed by atoms with Crippen LogP contribution in [0.4, 0.5) is 0 Å². The molecule has 0 aliphatic rings. The number of halogens is 2. The highest BCUT2D eigenvalue weighted by Gasteiger charge is 2.24. The van der Waals surface area contributed by atoms with E-state index >= 15 is 0 Å². The molecule has 0 bridgehead atoms. The quantitative estimate of drug-likeness (QED) is 0.169. The van der Waals surface area contributed by atoms with Gasteiger partial charge in [-0.15, -0.1) is 0 Å². The Hall–Kier alpha value is -3.59. The molecular weight excluding hydrogens is 557 g/mol. The van der Waals surface area contributed by atoms with Crippen LogP contribution in [0.1, 0.15) is 63.0 Å². The summed E-state index contributed by atoms with van der Waals surface area (Å²) >= 11 is 12.8. The van der Waals surface area contributed by atoms with Crippen LogP contribution in [0, 0.1) is 13.8 Å². The van der Waals surface area contributed by atoms with Gasteiger partial charge >= 0.3 is 11.9 Å². The molecule has 0 radical (unpaired) electrons.